The van der Waals surface area contributed by atoms with Gasteiger partial charge in [-0.25, -0.2) is 0 Å². The van der Waals surface area contributed by atoms with Gasteiger partial charge in [0.05, 0.1) is 0 Å². The predicted molar refractivity (Wildman–Crippen MR) is 72.1 cm³/mol. The molecule has 1 aliphatic rings. The molecule has 0 aromatic carbocycles. The second-order valence-electron chi connectivity index (χ2n) is 5.30. The molecule has 1 aliphatic heterocycles. The van der Waals surface area contributed by atoms with Crippen molar-refractivity contribution in [3.05, 3.63) is 12.2 Å². The van der Waals surface area contributed by atoms with E-state index in [2.05, 4.69) is 5.32 Å². The minimum absolute atomic E-state index is 0.0103. The molecule has 102 valence electrons. The largest absolute Gasteiger partial charge is 0.340 e. The van der Waals surface area contributed by atoms with Gasteiger partial charge in [-0.05, 0) is 33.6 Å². The number of nitrogens with zero attached hydrogens (tertiary/aromatic N) is 1. The van der Waals surface area contributed by atoms with Gasteiger partial charge in [-0.3, -0.25) is 9.59 Å². The molecule has 0 radical (unpaired) electrons. The molecule has 2 amide bonds. The average molecular weight is 252 g/mol. The zero-order chi connectivity index (χ0) is 14.0. The Morgan fingerprint density at radius 2 is 1.78 bits per heavy atom. The molecule has 1 rings (SSSR count). The van der Waals surface area contributed by atoms with Gasteiger partial charge in [0.2, 0.25) is 11.8 Å². The van der Waals surface area contributed by atoms with Crippen LogP contribution in [0, 0.1) is 0 Å². The van der Waals surface area contributed by atoms with Crippen LogP contribution in [-0.2, 0) is 9.59 Å². The summed E-state index contributed by atoms with van der Waals surface area (Å²) in [6.07, 6.45) is 5.10. The summed E-state index contributed by atoms with van der Waals surface area (Å²) >= 11 is 0. The molecule has 0 bridgehead atoms. The molecule has 0 aromatic rings. The zero-order valence-corrected chi connectivity index (χ0v) is 12.0. The Kier molecular flexibility index (Phi) is 4.20. The van der Waals surface area contributed by atoms with Crippen LogP contribution in [0.1, 0.15) is 47.5 Å². The average Bonchev–Trinajstić information content (AvgIpc) is 2.32. The number of hydrogen-bond donors (Lipinski definition) is 1. The van der Waals surface area contributed by atoms with Crippen molar-refractivity contribution in [3.8, 4) is 0 Å². The highest BCUT2D eigenvalue weighted by atomic mass is 16.2. The van der Waals surface area contributed by atoms with Crippen LogP contribution < -0.4 is 5.32 Å². The minimum Gasteiger partial charge on any atom is -0.340 e. The van der Waals surface area contributed by atoms with Gasteiger partial charge in [0.1, 0.15) is 11.1 Å². The SMILES string of the molecule is C/C=C/CN1C(=O)C(C)(C)NC(=O)C1(CC)CC. The molecule has 4 nitrogen and oxygen atoms in total. The quantitative estimate of drug-likeness (QED) is 0.776. The van der Waals surface area contributed by atoms with Gasteiger partial charge in [-0.15, -0.1) is 0 Å². The lowest BCUT2D eigenvalue weighted by Crippen LogP contribution is -2.73. The molecule has 0 atom stereocenters. The van der Waals surface area contributed by atoms with E-state index < -0.39 is 11.1 Å². The lowest BCUT2D eigenvalue weighted by atomic mass is 9.83. The topological polar surface area (TPSA) is 49.4 Å². The van der Waals surface area contributed by atoms with Crippen molar-refractivity contribution in [2.45, 2.75) is 58.5 Å². The van der Waals surface area contributed by atoms with Crippen molar-refractivity contribution >= 4 is 11.8 Å². The van der Waals surface area contributed by atoms with Crippen molar-refractivity contribution in [1.29, 1.82) is 0 Å². The first kappa shape index (κ1) is 14.7. The fraction of sp³-hybridized carbons (Fsp3) is 0.714. The first-order chi connectivity index (χ1) is 8.35. The van der Waals surface area contributed by atoms with Crippen LogP contribution >= 0.6 is 0 Å². The van der Waals surface area contributed by atoms with Crippen LogP contribution in [0.2, 0.25) is 0 Å². The van der Waals surface area contributed by atoms with E-state index in [0.717, 1.165) is 0 Å². The third kappa shape index (κ3) is 2.16. The second-order valence-corrected chi connectivity index (χ2v) is 5.30. The van der Waals surface area contributed by atoms with Gasteiger partial charge >= 0.3 is 0 Å². The Bertz CT molecular complexity index is 368. The van der Waals surface area contributed by atoms with Crippen molar-refractivity contribution in [3.63, 3.8) is 0 Å². The lowest BCUT2D eigenvalue weighted by Gasteiger charge is -2.50. The third-order valence-electron chi connectivity index (χ3n) is 3.84. The van der Waals surface area contributed by atoms with E-state index in [0.29, 0.717) is 19.4 Å². The molecule has 0 saturated carbocycles. The Morgan fingerprint density at radius 3 is 2.22 bits per heavy atom. The molecule has 0 aliphatic carbocycles. The second kappa shape index (κ2) is 5.12. The summed E-state index contributed by atoms with van der Waals surface area (Å²) in [5.41, 5.74) is -1.52. The van der Waals surface area contributed by atoms with Crippen LogP contribution in [0.15, 0.2) is 12.2 Å². The maximum absolute atomic E-state index is 12.5. The molecule has 1 heterocycles. The van der Waals surface area contributed by atoms with E-state index in [9.17, 15) is 9.59 Å². The highest BCUT2D eigenvalue weighted by Crippen LogP contribution is 2.31. The number of hydrogen-bond acceptors (Lipinski definition) is 2. The number of rotatable bonds is 4. The molecular weight excluding hydrogens is 228 g/mol. The first-order valence-corrected chi connectivity index (χ1v) is 6.61. The molecule has 1 saturated heterocycles. The fourth-order valence-electron chi connectivity index (χ4n) is 2.53. The predicted octanol–water partition coefficient (Wildman–Crippen LogP) is 1.86. The maximum atomic E-state index is 12.5. The number of nitrogens with one attached hydrogen (secondary N) is 1. The molecule has 0 unspecified atom stereocenters. The molecule has 0 spiro atoms. The number of carbonyl (C=O) groups excluding carboxylic acids is 2. The van der Waals surface area contributed by atoms with Gasteiger partial charge < -0.3 is 10.2 Å². The Balaban J connectivity index is 3.22. The summed E-state index contributed by atoms with van der Waals surface area (Å²) in [6, 6.07) is 0. The highest BCUT2D eigenvalue weighted by molar-refractivity contribution is 6.01. The minimum atomic E-state index is -0.813. The summed E-state index contributed by atoms with van der Waals surface area (Å²) in [7, 11) is 0. The summed E-state index contributed by atoms with van der Waals surface area (Å²) in [4.78, 5) is 26.6. The number of allylic oxidation sites excluding steroid dienone is 1. The van der Waals surface area contributed by atoms with Crippen LogP contribution in [-0.4, -0.2) is 34.3 Å². The molecule has 18 heavy (non-hydrogen) atoms. The summed E-state index contributed by atoms with van der Waals surface area (Å²) in [6.45, 7) is 9.83. The van der Waals surface area contributed by atoms with Crippen molar-refractivity contribution in [2.75, 3.05) is 6.54 Å². The molecule has 1 N–H and O–H groups in total. The summed E-state index contributed by atoms with van der Waals surface area (Å²) < 4.78 is 0. The van der Waals surface area contributed by atoms with E-state index >= 15 is 0 Å². The first-order valence-electron chi connectivity index (χ1n) is 6.61. The Morgan fingerprint density at radius 1 is 1.22 bits per heavy atom. The van der Waals surface area contributed by atoms with Crippen molar-refractivity contribution in [1.82, 2.24) is 10.2 Å². The smallest absolute Gasteiger partial charge is 0.248 e. The highest BCUT2D eigenvalue weighted by Gasteiger charge is 2.52. The van der Waals surface area contributed by atoms with Gasteiger partial charge in [0.25, 0.3) is 0 Å². The van der Waals surface area contributed by atoms with Gasteiger partial charge in [0, 0.05) is 6.54 Å². The van der Waals surface area contributed by atoms with Crippen LogP contribution in [0.3, 0.4) is 0 Å². The van der Waals surface area contributed by atoms with E-state index in [-0.39, 0.29) is 11.8 Å². The molecule has 4 heteroatoms. The number of carbonyl (C=O) groups is 2. The third-order valence-corrected chi connectivity index (χ3v) is 3.84. The standard InChI is InChI=1S/C14H24N2O2/c1-6-9-10-16-12(18)13(4,5)15-11(17)14(16,7-2)8-3/h6,9H,7-8,10H2,1-5H3,(H,15,17)/b9-6+. The molecule has 1 fully saturated rings. The van der Waals surface area contributed by atoms with Gasteiger partial charge in [0.15, 0.2) is 0 Å². The van der Waals surface area contributed by atoms with Crippen LogP contribution in [0.4, 0.5) is 0 Å². The molecule has 0 aromatic heterocycles. The monoisotopic (exact) mass is 252 g/mol. The van der Waals surface area contributed by atoms with Crippen molar-refractivity contribution < 1.29 is 9.59 Å². The zero-order valence-electron chi connectivity index (χ0n) is 12.0. The Hall–Kier alpha value is -1.32. The van der Waals surface area contributed by atoms with E-state index in [1.165, 1.54) is 0 Å². The van der Waals surface area contributed by atoms with Crippen LogP contribution in [0.25, 0.3) is 0 Å². The van der Waals surface area contributed by atoms with Crippen molar-refractivity contribution in [2.24, 2.45) is 0 Å². The molecular formula is C14H24N2O2. The summed E-state index contributed by atoms with van der Waals surface area (Å²) in [5.74, 6) is -0.0505. The normalized spacial score (nSPS) is 22.4. The van der Waals surface area contributed by atoms with E-state index in [4.69, 9.17) is 0 Å². The Labute approximate surface area is 109 Å². The summed E-state index contributed by atoms with van der Waals surface area (Å²) in [5, 5.41) is 2.85. The lowest BCUT2D eigenvalue weighted by molar-refractivity contribution is -0.161. The van der Waals surface area contributed by atoms with E-state index in [1.54, 1.807) is 18.7 Å². The number of piperazine rings is 1. The van der Waals surface area contributed by atoms with Gasteiger partial charge in [-0.1, -0.05) is 26.0 Å². The number of amides is 2. The fourth-order valence-corrected chi connectivity index (χ4v) is 2.53. The van der Waals surface area contributed by atoms with Crippen LogP contribution in [0.5, 0.6) is 0 Å². The van der Waals surface area contributed by atoms with Gasteiger partial charge in [-0.2, -0.15) is 0 Å². The van der Waals surface area contributed by atoms with E-state index in [1.807, 2.05) is 32.9 Å². The maximum Gasteiger partial charge on any atom is 0.248 e.